The van der Waals surface area contributed by atoms with Crippen molar-refractivity contribution in [3.63, 3.8) is 0 Å². The summed E-state index contributed by atoms with van der Waals surface area (Å²) in [5, 5.41) is 8.01. The van der Waals surface area contributed by atoms with Crippen LogP contribution in [0.1, 0.15) is 0 Å². The molecule has 1 unspecified atom stereocenters. The van der Waals surface area contributed by atoms with Gasteiger partial charge in [0, 0.05) is 0 Å². The van der Waals surface area contributed by atoms with E-state index in [0.29, 0.717) is 0 Å². The van der Waals surface area contributed by atoms with Crippen LogP contribution < -0.4 is 5.73 Å². The summed E-state index contributed by atoms with van der Waals surface area (Å²) in [5.41, 5.74) is 4.61. The molecule has 0 saturated carbocycles. The lowest BCUT2D eigenvalue weighted by molar-refractivity contribution is -0.146. The molecule has 1 atom stereocenters. The van der Waals surface area contributed by atoms with Crippen molar-refractivity contribution in [2.75, 3.05) is 5.75 Å². The Bertz CT molecular complexity index is 141. The number of hydrogen-bond donors (Lipinski definition) is 3. The summed E-state index contributed by atoms with van der Waals surface area (Å²) in [6.07, 6.45) is 0. The van der Waals surface area contributed by atoms with Crippen LogP contribution in [0.5, 0.6) is 0 Å². The van der Waals surface area contributed by atoms with Gasteiger partial charge in [0.05, 0.1) is 5.75 Å². The van der Waals surface area contributed by atoms with Gasteiger partial charge in [0.25, 0.3) is 5.92 Å². The monoisotopic (exact) mass is 171 g/mol. The Morgan fingerprint density at radius 2 is 2.20 bits per heavy atom. The van der Waals surface area contributed by atoms with Crippen molar-refractivity contribution in [2.45, 2.75) is 12.0 Å². The van der Waals surface area contributed by atoms with E-state index in [-0.39, 0.29) is 0 Å². The highest BCUT2D eigenvalue weighted by Gasteiger charge is 2.40. The van der Waals surface area contributed by atoms with Gasteiger partial charge < -0.3 is 10.8 Å². The molecule has 0 rings (SSSR count). The van der Waals surface area contributed by atoms with Crippen LogP contribution in [-0.4, -0.2) is 28.8 Å². The first kappa shape index (κ1) is 9.64. The maximum Gasteiger partial charge on any atom is 0.326 e. The van der Waals surface area contributed by atoms with Crippen LogP contribution in [0.4, 0.5) is 8.78 Å². The zero-order chi connectivity index (χ0) is 8.36. The van der Waals surface area contributed by atoms with Gasteiger partial charge in [0.1, 0.15) is 0 Å². The van der Waals surface area contributed by atoms with E-state index < -0.39 is 23.7 Å². The topological polar surface area (TPSA) is 63.3 Å². The molecule has 0 saturated heterocycles. The summed E-state index contributed by atoms with van der Waals surface area (Å²) < 4.78 is 24.4. The van der Waals surface area contributed by atoms with Crippen molar-refractivity contribution >= 4 is 18.6 Å². The van der Waals surface area contributed by atoms with Gasteiger partial charge in [-0.1, -0.05) is 0 Å². The van der Waals surface area contributed by atoms with E-state index in [0.717, 1.165) is 0 Å². The fraction of sp³-hybridized carbons (Fsp3) is 0.750. The highest BCUT2D eigenvalue weighted by Crippen LogP contribution is 2.18. The van der Waals surface area contributed by atoms with Crippen LogP contribution in [0.15, 0.2) is 0 Å². The van der Waals surface area contributed by atoms with Crippen LogP contribution in [0, 0.1) is 0 Å². The fourth-order valence-corrected chi connectivity index (χ4v) is 0.476. The minimum absolute atomic E-state index is 0.861. The highest BCUT2D eigenvalue weighted by atomic mass is 32.1. The zero-order valence-electron chi connectivity index (χ0n) is 4.92. The molecule has 0 fully saturated rings. The maximum absolute atomic E-state index is 12.2. The number of aliphatic carboxylic acids is 1. The number of hydrogen-bond acceptors (Lipinski definition) is 3. The highest BCUT2D eigenvalue weighted by molar-refractivity contribution is 7.80. The van der Waals surface area contributed by atoms with Gasteiger partial charge in [-0.2, -0.15) is 12.6 Å². The predicted molar refractivity (Wildman–Crippen MR) is 34.4 cm³/mol. The van der Waals surface area contributed by atoms with Crippen LogP contribution in [0.3, 0.4) is 0 Å². The van der Waals surface area contributed by atoms with Crippen molar-refractivity contribution in [1.29, 1.82) is 0 Å². The number of carbonyl (C=O) groups is 1. The average molecular weight is 171 g/mol. The van der Waals surface area contributed by atoms with Gasteiger partial charge in [0.15, 0.2) is 6.04 Å². The summed E-state index contributed by atoms with van der Waals surface area (Å²) in [5.74, 6) is -6.02. The zero-order valence-corrected chi connectivity index (χ0v) is 5.81. The first-order valence-electron chi connectivity index (χ1n) is 2.39. The van der Waals surface area contributed by atoms with Gasteiger partial charge in [-0.3, -0.25) is 4.79 Å². The number of thiol groups is 1. The number of rotatable bonds is 3. The molecule has 0 aliphatic heterocycles. The molecule has 0 aliphatic rings. The van der Waals surface area contributed by atoms with E-state index in [1.54, 1.807) is 0 Å². The number of nitrogens with two attached hydrogens (primary N) is 1. The second-order valence-electron chi connectivity index (χ2n) is 1.74. The van der Waals surface area contributed by atoms with Gasteiger partial charge in [0.2, 0.25) is 0 Å². The molecule has 0 heterocycles. The number of halogens is 2. The van der Waals surface area contributed by atoms with Crippen molar-refractivity contribution in [3.8, 4) is 0 Å². The van der Waals surface area contributed by atoms with Crippen LogP contribution in [-0.2, 0) is 4.79 Å². The molecule has 0 spiro atoms. The molecule has 3 N–H and O–H groups in total. The molecule has 3 nitrogen and oxygen atoms in total. The Kier molecular flexibility index (Phi) is 3.04. The second-order valence-corrected chi connectivity index (χ2v) is 2.05. The van der Waals surface area contributed by atoms with Crippen molar-refractivity contribution in [1.82, 2.24) is 0 Å². The minimum Gasteiger partial charge on any atom is -0.480 e. The molecule has 0 radical (unpaired) electrons. The number of carboxylic acids is 1. The molecule has 10 heavy (non-hydrogen) atoms. The molecular formula is C4H7F2NO2S. The maximum atomic E-state index is 12.2. The summed E-state index contributed by atoms with van der Waals surface area (Å²) in [6.45, 7) is 0. The van der Waals surface area contributed by atoms with Gasteiger partial charge in [-0.25, -0.2) is 8.78 Å². The minimum atomic E-state index is -3.44. The number of carboxylic acid groups (broad SMARTS) is 1. The Morgan fingerprint density at radius 1 is 1.80 bits per heavy atom. The molecule has 0 aromatic rings. The van der Waals surface area contributed by atoms with Gasteiger partial charge in [-0.15, -0.1) is 0 Å². The number of alkyl halides is 2. The smallest absolute Gasteiger partial charge is 0.326 e. The Labute approximate surface area is 61.6 Å². The van der Waals surface area contributed by atoms with E-state index in [9.17, 15) is 13.6 Å². The van der Waals surface area contributed by atoms with E-state index in [1.165, 1.54) is 0 Å². The van der Waals surface area contributed by atoms with Crippen LogP contribution in [0.25, 0.3) is 0 Å². The summed E-state index contributed by atoms with van der Waals surface area (Å²) in [7, 11) is 0. The largest absolute Gasteiger partial charge is 0.480 e. The van der Waals surface area contributed by atoms with E-state index in [4.69, 9.17) is 5.11 Å². The van der Waals surface area contributed by atoms with Crippen molar-refractivity contribution in [3.05, 3.63) is 0 Å². The SMILES string of the molecule is NC(C(=O)O)C(F)(F)CS. The Hall–Kier alpha value is -0.360. The standard InChI is InChI=1S/C4H7F2NO2S/c5-4(6,1-10)2(7)3(8)9/h2,10H,1,7H2,(H,8,9). The fourth-order valence-electron chi connectivity index (χ4n) is 0.279. The predicted octanol–water partition coefficient (Wildman–Crippen LogP) is -0.0366. The molecule has 6 heteroatoms. The first-order valence-corrected chi connectivity index (χ1v) is 3.02. The molecule has 0 aliphatic carbocycles. The Morgan fingerprint density at radius 3 is 2.30 bits per heavy atom. The third kappa shape index (κ3) is 2.11. The lowest BCUT2D eigenvalue weighted by Gasteiger charge is -2.16. The molecule has 0 bridgehead atoms. The first-order chi connectivity index (χ1) is 4.41. The summed E-state index contributed by atoms with van der Waals surface area (Å²) in [6, 6.07) is -2.16. The third-order valence-electron chi connectivity index (χ3n) is 0.932. The average Bonchev–Trinajstić information content (AvgIpc) is 1.86. The Balaban J connectivity index is 4.17. The van der Waals surface area contributed by atoms with Crippen LogP contribution >= 0.6 is 12.6 Å². The normalized spacial score (nSPS) is 14.8. The molecule has 0 aromatic heterocycles. The summed E-state index contributed by atoms with van der Waals surface area (Å²) in [4.78, 5) is 9.87. The lowest BCUT2D eigenvalue weighted by Crippen LogP contribution is -2.48. The van der Waals surface area contributed by atoms with Gasteiger partial charge in [-0.05, 0) is 0 Å². The summed E-state index contributed by atoms with van der Waals surface area (Å²) >= 11 is 3.24. The van der Waals surface area contributed by atoms with Gasteiger partial charge >= 0.3 is 5.97 Å². The quantitative estimate of drug-likeness (QED) is 0.522. The third-order valence-corrected chi connectivity index (χ3v) is 1.35. The van der Waals surface area contributed by atoms with Crippen LogP contribution in [0.2, 0.25) is 0 Å². The van der Waals surface area contributed by atoms with E-state index in [1.807, 2.05) is 0 Å². The molecule has 0 aromatic carbocycles. The van der Waals surface area contributed by atoms with E-state index in [2.05, 4.69) is 18.4 Å². The second kappa shape index (κ2) is 3.16. The van der Waals surface area contributed by atoms with Crippen molar-refractivity contribution in [2.24, 2.45) is 5.73 Å². The lowest BCUT2D eigenvalue weighted by atomic mass is 10.2. The van der Waals surface area contributed by atoms with Crippen molar-refractivity contribution < 1.29 is 18.7 Å². The van der Waals surface area contributed by atoms with E-state index >= 15 is 0 Å². The molecular weight excluding hydrogens is 164 g/mol. The molecule has 60 valence electrons. The molecule has 0 amide bonds.